The number of hydrogen-bond acceptors (Lipinski definition) is 4. The molecule has 0 amide bonds. The maximum absolute atomic E-state index is 11.7. The van der Waals surface area contributed by atoms with Crippen molar-refractivity contribution < 1.29 is 13.9 Å². The Morgan fingerprint density at radius 2 is 2.00 bits per heavy atom. The van der Waals surface area contributed by atoms with E-state index < -0.39 is 0 Å². The zero-order valence-electron chi connectivity index (χ0n) is 15.2. The highest BCUT2D eigenvalue weighted by Gasteiger charge is 2.35. The predicted molar refractivity (Wildman–Crippen MR) is 107 cm³/mol. The third kappa shape index (κ3) is 4.48. The van der Waals surface area contributed by atoms with Crippen molar-refractivity contribution >= 4 is 35.9 Å². The highest BCUT2D eigenvalue weighted by Crippen LogP contribution is 2.35. The van der Waals surface area contributed by atoms with E-state index >= 15 is 0 Å². The average Bonchev–Trinajstić information content (AvgIpc) is 3.18. The Morgan fingerprint density at radius 1 is 1.36 bits per heavy atom. The first-order valence-corrected chi connectivity index (χ1v) is 8.75. The van der Waals surface area contributed by atoms with Crippen LogP contribution in [0.5, 0.6) is 0 Å². The number of rotatable bonds is 3. The van der Waals surface area contributed by atoms with Crippen molar-refractivity contribution in [3.05, 3.63) is 23.2 Å². The van der Waals surface area contributed by atoms with Crippen LogP contribution in [0.1, 0.15) is 47.6 Å². The lowest BCUT2D eigenvalue weighted by Gasteiger charge is -2.22. The molecule has 25 heavy (non-hydrogen) atoms. The van der Waals surface area contributed by atoms with Crippen LogP contribution < -0.4 is 5.32 Å². The Balaban J connectivity index is 0.00000225. The van der Waals surface area contributed by atoms with Gasteiger partial charge >= 0.3 is 5.97 Å². The largest absolute Gasteiger partial charge is 0.465 e. The number of likely N-dealkylation sites (tertiary alicyclic amines) is 1. The number of fused-ring (bicyclic) bond motifs is 1. The van der Waals surface area contributed by atoms with Crippen LogP contribution in [0, 0.1) is 18.8 Å². The zero-order chi connectivity index (χ0) is 17.1. The van der Waals surface area contributed by atoms with Gasteiger partial charge in [-0.3, -0.25) is 4.99 Å². The van der Waals surface area contributed by atoms with E-state index in [0.29, 0.717) is 23.6 Å². The van der Waals surface area contributed by atoms with Gasteiger partial charge < -0.3 is 19.4 Å². The third-order valence-electron chi connectivity index (χ3n) is 5.28. The Kier molecular flexibility index (Phi) is 7.15. The van der Waals surface area contributed by atoms with E-state index in [2.05, 4.69) is 15.2 Å². The number of hydrogen-bond donors (Lipinski definition) is 1. The van der Waals surface area contributed by atoms with Gasteiger partial charge in [0.05, 0.1) is 13.7 Å². The summed E-state index contributed by atoms with van der Waals surface area (Å²) in [6.45, 7) is 4.47. The minimum Gasteiger partial charge on any atom is -0.465 e. The second-order valence-corrected chi connectivity index (χ2v) is 6.78. The van der Waals surface area contributed by atoms with Crippen LogP contribution in [0.4, 0.5) is 0 Å². The maximum Gasteiger partial charge on any atom is 0.341 e. The van der Waals surface area contributed by atoms with Gasteiger partial charge in [-0.1, -0.05) is 12.8 Å². The van der Waals surface area contributed by atoms with E-state index in [9.17, 15) is 4.79 Å². The standard InChI is InChI=1S/C18H27N3O3.HI/c1-12-16(17(22)23-3)8-15(24-12)9-20-18(19-2)21-10-13-6-4-5-7-14(13)11-21;/h8,13-14H,4-7,9-11H2,1-3H3,(H,19,20);1H. The normalized spacial score (nSPS) is 23.0. The van der Waals surface area contributed by atoms with Crippen LogP contribution in [-0.4, -0.2) is 44.1 Å². The lowest BCUT2D eigenvalue weighted by molar-refractivity contribution is 0.0599. The number of furan rings is 1. The molecule has 1 aromatic heterocycles. The quantitative estimate of drug-likeness (QED) is 0.324. The minimum atomic E-state index is -0.365. The highest BCUT2D eigenvalue weighted by atomic mass is 127. The van der Waals surface area contributed by atoms with E-state index in [1.807, 2.05) is 7.05 Å². The van der Waals surface area contributed by atoms with E-state index in [0.717, 1.165) is 30.9 Å². The lowest BCUT2D eigenvalue weighted by Crippen LogP contribution is -2.39. The van der Waals surface area contributed by atoms with Crippen molar-refractivity contribution in [2.45, 2.75) is 39.2 Å². The minimum absolute atomic E-state index is 0. The lowest BCUT2D eigenvalue weighted by atomic mass is 9.82. The molecule has 6 nitrogen and oxygen atoms in total. The molecule has 2 atom stereocenters. The molecule has 140 valence electrons. The summed E-state index contributed by atoms with van der Waals surface area (Å²) in [5, 5.41) is 3.36. The molecule has 2 aliphatic rings. The summed E-state index contributed by atoms with van der Waals surface area (Å²) in [6, 6.07) is 1.74. The Labute approximate surface area is 166 Å². The summed E-state index contributed by atoms with van der Waals surface area (Å²) >= 11 is 0. The first kappa shape index (κ1) is 20.1. The van der Waals surface area contributed by atoms with Crippen LogP contribution >= 0.6 is 24.0 Å². The molecule has 1 aromatic rings. The van der Waals surface area contributed by atoms with E-state index in [1.165, 1.54) is 32.8 Å². The van der Waals surface area contributed by atoms with Gasteiger partial charge in [-0.05, 0) is 37.7 Å². The van der Waals surface area contributed by atoms with Crippen molar-refractivity contribution in [2.24, 2.45) is 16.8 Å². The molecule has 2 unspecified atom stereocenters. The molecule has 2 fully saturated rings. The second kappa shape index (κ2) is 8.91. The summed E-state index contributed by atoms with van der Waals surface area (Å²) in [5.41, 5.74) is 0.483. The number of methoxy groups -OCH3 is 1. The molecular formula is C18H28IN3O3. The zero-order valence-corrected chi connectivity index (χ0v) is 17.5. The number of nitrogens with one attached hydrogen (secondary N) is 1. The number of carbonyl (C=O) groups is 1. The van der Waals surface area contributed by atoms with Crippen LogP contribution in [0.15, 0.2) is 15.5 Å². The third-order valence-corrected chi connectivity index (χ3v) is 5.28. The van der Waals surface area contributed by atoms with Crippen molar-refractivity contribution in [3.63, 3.8) is 0 Å². The number of guanidine groups is 1. The van der Waals surface area contributed by atoms with Crippen LogP contribution in [0.2, 0.25) is 0 Å². The summed E-state index contributed by atoms with van der Waals surface area (Å²) in [7, 11) is 3.19. The fourth-order valence-corrected chi connectivity index (χ4v) is 4.02. The van der Waals surface area contributed by atoms with Gasteiger partial charge in [0, 0.05) is 20.1 Å². The first-order chi connectivity index (χ1) is 11.6. The van der Waals surface area contributed by atoms with Crippen LogP contribution in [-0.2, 0) is 11.3 Å². The summed E-state index contributed by atoms with van der Waals surface area (Å²) < 4.78 is 10.4. The molecule has 1 aliphatic carbocycles. The Bertz CT molecular complexity index is 615. The fourth-order valence-electron chi connectivity index (χ4n) is 4.02. The monoisotopic (exact) mass is 461 g/mol. The van der Waals surface area contributed by atoms with Gasteiger partial charge in [0.1, 0.15) is 17.1 Å². The molecule has 0 radical (unpaired) electrons. The van der Waals surface area contributed by atoms with Gasteiger partial charge in [-0.2, -0.15) is 0 Å². The Morgan fingerprint density at radius 3 is 2.56 bits per heavy atom. The molecule has 1 saturated carbocycles. The average molecular weight is 461 g/mol. The smallest absolute Gasteiger partial charge is 0.341 e. The molecule has 1 aliphatic heterocycles. The van der Waals surface area contributed by atoms with E-state index in [-0.39, 0.29) is 29.9 Å². The van der Waals surface area contributed by atoms with E-state index in [1.54, 1.807) is 13.0 Å². The molecule has 0 aromatic carbocycles. The van der Waals surface area contributed by atoms with Crippen LogP contribution in [0.3, 0.4) is 0 Å². The molecule has 7 heteroatoms. The maximum atomic E-state index is 11.7. The predicted octanol–water partition coefficient (Wildman–Crippen LogP) is 3.19. The van der Waals surface area contributed by atoms with Gasteiger partial charge in [-0.25, -0.2) is 4.79 Å². The summed E-state index contributed by atoms with van der Waals surface area (Å²) in [6.07, 6.45) is 5.42. The molecule has 1 saturated heterocycles. The molecule has 3 rings (SSSR count). The number of esters is 1. The van der Waals surface area contributed by atoms with Crippen molar-refractivity contribution in [1.29, 1.82) is 0 Å². The molecular weight excluding hydrogens is 433 g/mol. The van der Waals surface area contributed by atoms with Gasteiger partial charge in [0.15, 0.2) is 5.96 Å². The number of nitrogens with zero attached hydrogens (tertiary/aromatic N) is 2. The van der Waals surface area contributed by atoms with Gasteiger partial charge in [-0.15, -0.1) is 24.0 Å². The van der Waals surface area contributed by atoms with Gasteiger partial charge in [0.2, 0.25) is 0 Å². The molecule has 2 heterocycles. The van der Waals surface area contributed by atoms with Gasteiger partial charge in [0.25, 0.3) is 0 Å². The van der Waals surface area contributed by atoms with Crippen molar-refractivity contribution in [3.8, 4) is 0 Å². The summed E-state index contributed by atoms with van der Waals surface area (Å²) in [5.74, 6) is 3.48. The fraction of sp³-hybridized carbons (Fsp3) is 0.667. The number of halogens is 1. The summed E-state index contributed by atoms with van der Waals surface area (Å²) in [4.78, 5) is 18.4. The molecule has 0 spiro atoms. The second-order valence-electron chi connectivity index (χ2n) is 6.78. The van der Waals surface area contributed by atoms with Crippen molar-refractivity contribution in [1.82, 2.24) is 10.2 Å². The topological polar surface area (TPSA) is 67.1 Å². The number of ether oxygens (including phenoxy) is 1. The number of aliphatic imine (C=N–C) groups is 1. The Hall–Kier alpha value is -1.25. The van der Waals surface area contributed by atoms with Crippen LogP contribution in [0.25, 0.3) is 0 Å². The van der Waals surface area contributed by atoms with Crippen molar-refractivity contribution in [2.75, 3.05) is 27.2 Å². The van der Waals surface area contributed by atoms with E-state index in [4.69, 9.17) is 9.15 Å². The number of carbonyl (C=O) groups excluding carboxylic acids is 1. The highest BCUT2D eigenvalue weighted by molar-refractivity contribution is 14.0. The first-order valence-electron chi connectivity index (χ1n) is 8.75. The SMILES string of the molecule is CN=C(NCc1cc(C(=O)OC)c(C)o1)N1CC2CCCCC2C1.I. The molecule has 0 bridgehead atoms. The number of aryl methyl sites for hydroxylation is 1. The molecule has 1 N–H and O–H groups in total.